The lowest BCUT2D eigenvalue weighted by atomic mass is 9.77. The van der Waals surface area contributed by atoms with Crippen LogP contribution in [-0.2, 0) is 25.7 Å². The van der Waals surface area contributed by atoms with Crippen molar-refractivity contribution in [2.45, 2.75) is 67.2 Å². The molecule has 0 nitrogen and oxygen atoms in total. The molecular weight excluding hydrogens is 336 g/mol. The number of rotatable bonds is 0. The van der Waals surface area contributed by atoms with Crippen molar-refractivity contribution in [2.24, 2.45) is 0 Å². The molecule has 0 aromatic heterocycles. The minimum Gasteiger partial charge on any atom is -0.0683 e. The van der Waals surface area contributed by atoms with Crippen molar-refractivity contribution in [3.8, 4) is 0 Å². The van der Waals surface area contributed by atoms with Crippen molar-refractivity contribution in [1.29, 1.82) is 0 Å². The first kappa shape index (κ1) is 22.0. The number of benzene rings is 3. The van der Waals surface area contributed by atoms with Crippen molar-refractivity contribution in [3.63, 3.8) is 0 Å². The Bertz CT molecular complexity index is 812. The van der Waals surface area contributed by atoms with Gasteiger partial charge in [-0.2, -0.15) is 0 Å². The standard InChI is InChI=1S/C22H18.3C2H6/c1-3-7-17-13-21-19(11-15(17)5-1)9-10-20-12-16-6-2-4-8-18(16)14-22(20)21;3*1-2/h1-10H,11-14H2;3*1-2H3. The van der Waals surface area contributed by atoms with E-state index in [1.807, 2.05) is 41.5 Å². The van der Waals surface area contributed by atoms with Crippen molar-refractivity contribution in [1.82, 2.24) is 0 Å². The maximum Gasteiger partial charge on any atom is -0.00171 e. The molecule has 2 aliphatic carbocycles. The maximum atomic E-state index is 2.37. The average Bonchev–Trinajstić information content (AvgIpc) is 2.80. The van der Waals surface area contributed by atoms with Gasteiger partial charge < -0.3 is 0 Å². The van der Waals surface area contributed by atoms with Crippen LogP contribution in [0.5, 0.6) is 0 Å². The molecule has 148 valence electrons. The third-order valence-corrected chi connectivity index (χ3v) is 5.36. The predicted octanol–water partition coefficient (Wildman–Crippen LogP) is 7.76. The molecule has 0 heterocycles. The third kappa shape index (κ3) is 4.38. The highest BCUT2D eigenvalue weighted by Gasteiger charge is 2.23. The molecule has 0 bridgehead atoms. The van der Waals surface area contributed by atoms with E-state index in [2.05, 4.69) is 60.7 Å². The van der Waals surface area contributed by atoms with Crippen LogP contribution < -0.4 is 0 Å². The zero-order valence-electron chi connectivity index (χ0n) is 18.6. The van der Waals surface area contributed by atoms with Crippen LogP contribution >= 0.6 is 0 Å². The van der Waals surface area contributed by atoms with E-state index in [-0.39, 0.29) is 0 Å². The monoisotopic (exact) mass is 372 g/mol. The molecule has 0 spiro atoms. The highest BCUT2D eigenvalue weighted by Crippen LogP contribution is 2.36. The van der Waals surface area contributed by atoms with E-state index in [0.29, 0.717) is 0 Å². The molecule has 0 saturated heterocycles. The second kappa shape index (κ2) is 10.9. The van der Waals surface area contributed by atoms with E-state index in [1.165, 1.54) is 33.4 Å². The third-order valence-electron chi connectivity index (χ3n) is 5.36. The van der Waals surface area contributed by atoms with E-state index in [4.69, 9.17) is 0 Å². The summed E-state index contributed by atoms with van der Waals surface area (Å²) < 4.78 is 0. The van der Waals surface area contributed by atoms with Crippen LogP contribution in [0.15, 0.2) is 60.7 Å². The lowest BCUT2D eigenvalue weighted by molar-refractivity contribution is 0.919. The first-order chi connectivity index (χ1) is 13.9. The summed E-state index contributed by atoms with van der Waals surface area (Å²) in [5, 5.41) is 0. The number of hydrogen-bond acceptors (Lipinski definition) is 0. The Hall–Kier alpha value is -2.34. The molecule has 0 unspecified atom stereocenters. The molecule has 3 aromatic carbocycles. The van der Waals surface area contributed by atoms with Gasteiger partial charge in [0.05, 0.1) is 0 Å². The Kier molecular flexibility index (Phi) is 8.51. The van der Waals surface area contributed by atoms with Crippen molar-refractivity contribution >= 4 is 0 Å². The summed E-state index contributed by atoms with van der Waals surface area (Å²) in [6, 6.07) is 22.6. The minimum absolute atomic E-state index is 1.10. The molecular formula is C28H36. The van der Waals surface area contributed by atoms with E-state index in [0.717, 1.165) is 25.7 Å². The van der Waals surface area contributed by atoms with Gasteiger partial charge in [-0.25, -0.2) is 0 Å². The van der Waals surface area contributed by atoms with Gasteiger partial charge >= 0.3 is 0 Å². The summed E-state index contributed by atoms with van der Waals surface area (Å²) in [6.45, 7) is 12.0. The molecule has 0 N–H and O–H groups in total. The predicted molar refractivity (Wildman–Crippen MR) is 125 cm³/mol. The molecule has 28 heavy (non-hydrogen) atoms. The van der Waals surface area contributed by atoms with Crippen molar-refractivity contribution in [3.05, 3.63) is 105 Å². The van der Waals surface area contributed by atoms with Gasteiger partial charge in [-0.3, -0.25) is 0 Å². The van der Waals surface area contributed by atoms with Gasteiger partial charge in [0.1, 0.15) is 0 Å². The highest BCUT2D eigenvalue weighted by molar-refractivity contribution is 5.55. The van der Waals surface area contributed by atoms with Gasteiger partial charge in [-0.15, -0.1) is 0 Å². The first-order valence-electron chi connectivity index (χ1n) is 11.1. The minimum atomic E-state index is 1.10. The summed E-state index contributed by atoms with van der Waals surface area (Å²) in [5.41, 5.74) is 12.3. The average molecular weight is 373 g/mol. The Morgan fingerprint density at radius 3 is 0.964 bits per heavy atom. The molecule has 2 aliphatic rings. The largest absolute Gasteiger partial charge is 0.0683 e. The normalized spacial score (nSPS) is 12.1. The second-order valence-corrected chi connectivity index (χ2v) is 6.59. The maximum absolute atomic E-state index is 2.37. The van der Waals surface area contributed by atoms with E-state index < -0.39 is 0 Å². The quantitative estimate of drug-likeness (QED) is 0.260. The molecule has 0 heteroatoms. The lowest BCUT2D eigenvalue weighted by Gasteiger charge is -2.28. The van der Waals surface area contributed by atoms with E-state index in [9.17, 15) is 0 Å². The fraction of sp³-hybridized carbons (Fsp3) is 0.357. The zero-order valence-corrected chi connectivity index (χ0v) is 18.6. The highest BCUT2D eigenvalue weighted by atomic mass is 14.3. The summed E-state index contributed by atoms with van der Waals surface area (Å²) in [7, 11) is 0. The van der Waals surface area contributed by atoms with Gasteiger partial charge in [-0.1, -0.05) is 102 Å². The molecule has 0 aliphatic heterocycles. The van der Waals surface area contributed by atoms with Gasteiger partial charge in [0, 0.05) is 0 Å². The van der Waals surface area contributed by atoms with Crippen LogP contribution in [0.4, 0.5) is 0 Å². The molecule has 0 fully saturated rings. The Morgan fingerprint density at radius 2 is 0.643 bits per heavy atom. The summed E-state index contributed by atoms with van der Waals surface area (Å²) in [5.74, 6) is 0. The Balaban J connectivity index is 0.000000430. The van der Waals surface area contributed by atoms with Crippen molar-refractivity contribution < 1.29 is 0 Å². The molecule has 0 saturated carbocycles. The van der Waals surface area contributed by atoms with Gasteiger partial charge in [-0.05, 0) is 70.2 Å². The van der Waals surface area contributed by atoms with Gasteiger partial charge in [0.15, 0.2) is 0 Å². The van der Waals surface area contributed by atoms with Crippen LogP contribution in [0.25, 0.3) is 0 Å². The number of hydrogen-bond donors (Lipinski definition) is 0. The topological polar surface area (TPSA) is 0 Å². The molecule has 5 rings (SSSR count). The van der Waals surface area contributed by atoms with E-state index in [1.54, 1.807) is 11.1 Å². The zero-order chi connectivity index (χ0) is 20.5. The van der Waals surface area contributed by atoms with Crippen LogP contribution in [0, 0.1) is 0 Å². The van der Waals surface area contributed by atoms with E-state index >= 15 is 0 Å². The first-order valence-corrected chi connectivity index (χ1v) is 11.1. The van der Waals surface area contributed by atoms with Crippen molar-refractivity contribution in [2.75, 3.05) is 0 Å². The molecule has 0 atom stereocenters. The SMILES string of the molecule is CC.CC.CC.c1ccc2c(c1)Cc1ccc3c(c1C2)Cc1ccccc1C3. The number of fused-ring (bicyclic) bond motifs is 5. The summed E-state index contributed by atoms with van der Waals surface area (Å²) >= 11 is 0. The van der Waals surface area contributed by atoms with Crippen LogP contribution in [0.2, 0.25) is 0 Å². The van der Waals surface area contributed by atoms with Crippen LogP contribution in [0.1, 0.15) is 86.1 Å². The second-order valence-electron chi connectivity index (χ2n) is 6.59. The molecule has 3 aromatic rings. The smallest absolute Gasteiger partial charge is 0.00171 e. The Labute approximate surface area is 172 Å². The molecule has 0 radical (unpaired) electrons. The van der Waals surface area contributed by atoms with Crippen LogP contribution in [0.3, 0.4) is 0 Å². The summed E-state index contributed by atoms with van der Waals surface area (Å²) in [4.78, 5) is 0. The fourth-order valence-electron chi connectivity index (χ4n) is 4.16. The fourth-order valence-corrected chi connectivity index (χ4v) is 4.16. The van der Waals surface area contributed by atoms with Gasteiger partial charge in [0.25, 0.3) is 0 Å². The van der Waals surface area contributed by atoms with Crippen LogP contribution in [-0.4, -0.2) is 0 Å². The lowest BCUT2D eigenvalue weighted by Crippen LogP contribution is -2.15. The molecule has 0 amide bonds. The Morgan fingerprint density at radius 1 is 0.357 bits per heavy atom. The summed E-state index contributed by atoms with van der Waals surface area (Å²) in [6.07, 6.45) is 4.41. The van der Waals surface area contributed by atoms with Gasteiger partial charge in [0.2, 0.25) is 0 Å².